The van der Waals surface area contributed by atoms with Crippen molar-refractivity contribution in [1.29, 1.82) is 0 Å². The highest BCUT2D eigenvalue weighted by molar-refractivity contribution is 5.80. The molecule has 0 radical (unpaired) electrons. The van der Waals surface area contributed by atoms with Crippen molar-refractivity contribution in [3.8, 4) is 0 Å². The molecule has 3 fully saturated rings. The van der Waals surface area contributed by atoms with Crippen LogP contribution in [-0.2, 0) is 15.9 Å². The van der Waals surface area contributed by atoms with Gasteiger partial charge in [0, 0.05) is 44.7 Å². The van der Waals surface area contributed by atoms with Crippen molar-refractivity contribution in [2.45, 2.75) is 75.5 Å². The standard InChI is InChI=1S/C21H33N3O3/c1-2-5-17(6-3-1)23-20(22-11-8-19-7-4-12-26-19)24-18-9-13-27-21(15-18)10-14-25-16-21/h4,7,12,17-18H,1-3,5-6,8-11,13-16H2,(H2,22,23,24). The van der Waals surface area contributed by atoms with Gasteiger partial charge in [0.15, 0.2) is 5.96 Å². The van der Waals surface area contributed by atoms with E-state index in [0.29, 0.717) is 12.1 Å². The number of hydrogen-bond acceptors (Lipinski definition) is 4. The topological polar surface area (TPSA) is 68.0 Å². The molecule has 2 N–H and O–H groups in total. The zero-order valence-electron chi connectivity index (χ0n) is 16.3. The predicted octanol–water partition coefficient (Wildman–Crippen LogP) is 3.03. The monoisotopic (exact) mass is 375 g/mol. The lowest BCUT2D eigenvalue weighted by Crippen LogP contribution is -2.53. The number of furan rings is 1. The molecule has 6 heteroatoms. The van der Waals surface area contributed by atoms with E-state index in [-0.39, 0.29) is 5.60 Å². The Bertz CT molecular complexity index is 590. The summed E-state index contributed by atoms with van der Waals surface area (Å²) in [4.78, 5) is 4.86. The highest BCUT2D eigenvalue weighted by Gasteiger charge is 2.41. The predicted molar refractivity (Wildman–Crippen MR) is 105 cm³/mol. The first-order valence-electron chi connectivity index (χ1n) is 10.6. The highest BCUT2D eigenvalue weighted by Crippen LogP contribution is 2.32. The minimum atomic E-state index is -0.0833. The molecule has 1 aromatic rings. The van der Waals surface area contributed by atoms with Gasteiger partial charge in [-0.15, -0.1) is 0 Å². The van der Waals surface area contributed by atoms with E-state index >= 15 is 0 Å². The van der Waals surface area contributed by atoms with E-state index in [1.165, 1.54) is 32.1 Å². The van der Waals surface area contributed by atoms with E-state index in [1.807, 2.05) is 12.1 Å². The number of rotatable bonds is 5. The molecule has 0 amide bonds. The first kappa shape index (κ1) is 18.8. The molecule has 3 heterocycles. The summed E-state index contributed by atoms with van der Waals surface area (Å²) in [6, 6.07) is 4.87. The maximum Gasteiger partial charge on any atom is 0.191 e. The molecule has 1 saturated carbocycles. The Morgan fingerprint density at radius 2 is 2.00 bits per heavy atom. The Balaban J connectivity index is 1.36. The second-order valence-electron chi connectivity index (χ2n) is 8.21. The molecular formula is C21H33N3O3. The second-order valence-corrected chi connectivity index (χ2v) is 8.21. The molecule has 150 valence electrons. The normalized spacial score (nSPS) is 29.9. The van der Waals surface area contributed by atoms with Crippen LogP contribution in [0.4, 0.5) is 0 Å². The Morgan fingerprint density at radius 1 is 1.11 bits per heavy atom. The van der Waals surface area contributed by atoms with Crippen LogP contribution in [0, 0.1) is 0 Å². The Labute approximate surface area is 162 Å². The fraction of sp³-hybridized carbons (Fsp3) is 0.762. The van der Waals surface area contributed by atoms with Crippen molar-refractivity contribution in [1.82, 2.24) is 10.6 Å². The molecule has 0 aromatic carbocycles. The van der Waals surface area contributed by atoms with Crippen molar-refractivity contribution in [3.05, 3.63) is 24.2 Å². The van der Waals surface area contributed by atoms with E-state index < -0.39 is 0 Å². The van der Waals surface area contributed by atoms with Crippen molar-refractivity contribution in [3.63, 3.8) is 0 Å². The largest absolute Gasteiger partial charge is 0.469 e. The maximum absolute atomic E-state index is 6.08. The molecule has 3 aliphatic rings. The minimum Gasteiger partial charge on any atom is -0.469 e. The Kier molecular flexibility index (Phi) is 6.35. The molecule has 2 unspecified atom stereocenters. The number of hydrogen-bond donors (Lipinski definition) is 2. The Morgan fingerprint density at radius 3 is 2.78 bits per heavy atom. The minimum absolute atomic E-state index is 0.0833. The van der Waals surface area contributed by atoms with Gasteiger partial charge in [-0.05, 0) is 37.8 Å². The van der Waals surface area contributed by atoms with Crippen LogP contribution in [0.25, 0.3) is 0 Å². The summed E-state index contributed by atoms with van der Waals surface area (Å²) in [5, 5.41) is 7.41. The van der Waals surface area contributed by atoms with Crippen molar-refractivity contribution in [2.24, 2.45) is 4.99 Å². The van der Waals surface area contributed by atoms with Gasteiger partial charge in [-0.25, -0.2) is 0 Å². The molecule has 2 atom stereocenters. The first-order chi connectivity index (χ1) is 13.3. The van der Waals surface area contributed by atoms with Gasteiger partial charge in [-0.2, -0.15) is 0 Å². The third-order valence-corrected chi connectivity index (χ3v) is 6.06. The van der Waals surface area contributed by atoms with Gasteiger partial charge in [-0.1, -0.05) is 19.3 Å². The number of nitrogens with zero attached hydrogens (tertiary/aromatic N) is 1. The van der Waals surface area contributed by atoms with E-state index in [2.05, 4.69) is 10.6 Å². The average Bonchev–Trinajstić information content (AvgIpc) is 3.35. The number of guanidine groups is 1. The summed E-state index contributed by atoms with van der Waals surface area (Å²) in [5.41, 5.74) is -0.0833. The molecule has 2 aliphatic heterocycles. The molecular weight excluding hydrogens is 342 g/mol. The Hall–Kier alpha value is -1.53. The molecule has 4 rings (SSSR count). The highest BCUT2D eigenvalue weighted by atomic mass is 16.6. The van der Waals surface area contributed by atoms with Gasteiger partial charge >= 0.3 is 0 Å². The van der Waals surface area contributed by atoms with Gasteiger partial charge in [0.2, 0.25) is 0 Å². The van der Waals surface area contributed by atoms with Crippen molar-refractivity contribution < 1.29 is 13.9 Å². The maximum atomic E-state index is 6.08. The molecule has 1 aromatic heterocycles. The summed E-state index contributed by atoms with van der Waals surface area (Å²) < 4.78 is 17.1. The molecule has 2 saturated heterocycles. The SMILES string of the molecule is c1coc(CCN=C(NC2CCCCC2)NC2CCOC3(CCOC3)C2)c1. The van der Waals surface area contributed by atoms with Gasteiger partial charge in [-0.3, -0.25) is 4.99 Å². The van der Waals surface area contributed by atoms with Crippen molar-refractivity contribution in [2.75, 3.05) is 26.4 Å². The summed E-state index contributed by atoms with van der Waals surface area (Å²) in [5.74, 6) is 1.94. The number of ether oxygens (including phenoxy) is 2. The third kappa shape index (κ3) is 5.26. The average molecular weight is 376 g/mol. The van der Waals surface area contributed by atoms with E-state index in [4.69, 9.17) is 18.9 Å². The quantitative estimate of drug-likeness (QED) is 0.612. The fourth-order valence-corrected chi connectivity index (χ4v) is 4.51. The summed E-state index contributed by atoms with van der Waals surface area (Å²) in [6.45, 7) is 3.07. The van der Waals surface area contributed by atoms with Crippen LogP contribution in [0.15, 0.2) is 27.8 Å². The lowest BCUT2D eigenvalue weighted by atomic mass is 9.90. The number of aliphatic imine (C=N–C) groups is 1. The summed E-state index contributed by atoms with van der Waals surface area (Å²) in [6.07, 6.45) is 12.0. The molecule has 0 bridgehead atoms. The zero-order valence-corrected chi connectivity index (χ0v) is 16.3. The van der Waals surface area contributed by atoms with Crippen LogP contribution in [0.2, 0.25) is 0 Å². The van der Waals surface area contributed by atoms with Gasteiger partial charge in [0.1, 0.15) is 5.76 Å². The zero-order chi connectivity index (χ0) is 18.4. The molecule has 6 nitrogen and oxygen atoms in total. The third-order valence-electron chi connectivity index (χ3n) is 6.06. The first-order valence-corrected chi connectivity index (χ1v) is 10.6. The second kappa shape index (κ2) is 9.11. The van der Waals surface area contributed by atoms with Crippen LogP contribution in [0.1, 0.15) is 57.1 Å². The van der Waals surface area contributed by atoms with Crippen LogP contribution < -0.4 is 10.6 Å². The van der Waals surface area contributed by atoms with Gasteiger partial charge < -0.3 is 24.5 Å². The lowest BCUT2D eigenvalue weighted by Gasteiger charge is -2.38. The van der Waals surface area contributed by atoms with Crippen LogP contribution >= 0.6 is 0 Å². The number of nitrogens with one attached hydrogen (secondary N) is 2. The smallest absolute Gasteiger partial charge is 0.191 e. The van der Waals surface area contributed by atoms with Gasteiger partial charge in [0.05, 0.1) is 18.5 Å². The van der Waals surface area contributed by atoms with Crippen LogP contribution in [-0.4, -0.2) is 50.0 Å². The molecule has 1 aliphatic carbocycles. The van der Waals surface area contributed by atoms with Crippen molar-refractivity contribution >= 4 is 5.96 Å². The lowest BCUT2D eigenvalue weighted by molar-refractivity contribution is -0.0874. The van der Waals surface area contributed by atoms with E-state index in [0.717, 1.165) is 63.8 Å². The van der Waals surface area contributed by atoms with Gasteiger partial charge in [0.25, 0.3) is 0 Å². The van der Waals surface area contributed by atoms with E-state index in [1.54, 1.807) is 6.26 Å². The fourth-order valence-electron chi connectivity index (χ4n) is 4.51. The molecule has 27 heavy (non-hydrogen) atoms. The van der Waals surface area contributed by atoms with Crippen LogP contribution in [0.3, 0.4) is 0 Å². The van der Waals surface area contributed by atoms with E-state index in [9.17, 15) is 0 Å². The molecule has 1 spiro atoms. The summed E-state index contributed by atoms with van der Waals surface area (Å²) in [7, 11) is 0. The summed E-state index contributed by atoms with van der Waals surface area (Å²) >= 11 is 0. The van der Waals surface area contributed by atoms with Crippen LogP contribution in [0.5, 0.6) is 0 Å².